The van der Waals surface area contributed by atoms with E-state index >= 15 is 0 Å². The summed E-state index contributed by atoms with van der Waals surface area (Å²) in [5.41, 5.74) is 0.902. The summed E-state index contributed by atoms with van der Waals surface area (Å²) in [6, 6.07) is 8.28. The number of hydrogen-bond donors (Lipinski definition) is 0. The summed E-state index contributed by atoms with van der Waals surface area (Å²) in [6.07, 6.45) is 3.88. The molecule has 0 saturated heterocycles. The summed E-state index contributed by atoms with van der Waals surface area (Å²) in [7, 11) is -3.52. The molecular weight excluding hydrogens is 224 g/mol. The number of aryl methyl sites for hydroxylation is 1. The molecule has 1 heterocycles. The van der Waals surface area contributed by atoms with E-state index < -0.39 is 10.0 Å². The van der Waals surface area contributed by atoms with Gasteiger partial charge in [-0.25, -0.2) is 0 Å². The average Bonchev–Trinajstić information content (AvgIpc) is 2.79. The van der Waals surface area contributed by atoms with Crippen molar-refractivity contribution in [3.63, 3.8) is 0 Å². The van der Waals surface area contributed by atoms with Crippen molar-refractivity contribution in [3.8, 4) is 0 Å². The molecule has 1 aromatic carbocycles. The van der Waals surface area contributed by atoms with Crippen LogP contribution in [0.2, 0.25) is 0 Å². The lowest BCUT2D eigenvalue weighted by molar-refractivity contribution is 0.580. The van der Waals surface area contributed by atoms with Crippen LogP contribution in [0.25, 0.3) is 0 Å². The van der Waals surface area contributed by atoms with Crippen molar-refractivity contribution in [3.05, 3.63) is 48.3 Å². The van der Waals surface area contributed by atoms with E-state index in [1.54, 1.807) is 42.7 Å². The van der Waals surface area contributed by atoms with E-state index in [-0.39, 0.29) is 4.90 Å². The summed E-state index contributed by atoms with van der Waals surface area (Å²) in [5, 5.41) is 3.86. The minimum Gasteiger partial charge on any atom is -0.199 e. The number of rotatable bonds is 3. The van der Waals surface area contributed by atoms with Crippen molar-refractivity contribution in [2.45, 2.75) is 18.2 Å². The van der Waals surface area contributed by atoms with E-state index in [2.05, 4.69) is 5.10 Å². The molecule has 0 atom stereocenters. The van der Waals surface area contributed by atoms with Crippen LogP contribution in [-0.2, 0) is 16.4 Å². The number of aromatic nitrogens is 2. The average molecular weight is 236 g/mol. The third-order valence-corrected chi connectivity index (χ3v) is 3.87. The predicted octanol–water partition coefficient (Wildman–Crippen LogP) is 1.68. The summed E-state index contributed by atoms with van der Waals surface area (Å²) >= 11 is 0. The Morgan fingerprint density at radius 3 is 2.50 bits per heavy atom. The van der Waals surface area contributed by atoms with Gasteiger partial charge in [0.2, 0.25) is 0 Å². The molecule has 0 N–H and O–H groups in total. The third-order valence-electron chi connectivity index (χ3n) is 2.31. The minimum atomic E-state index is -3.52. The highest BCUT2D eigenvalue weighted by atomic mass is 32.2. The van der Waals surface area contributed by atoms with Crippen LogP contribution in [-0.4, -0.2) is 17.6 Å². The molecule has 5 heteroatoms. The minimum absolute atomic E-state index is 0.251. The van der Waals surface area contributed by atoms with Crippen molar-refractivity contribution >= 4 is 10.0 Å². The van der Waals surface area contributed by atoms with Gasteiger partial charge in [0.05, 0.1) is 11.1 Å². The fourth-order valence-electron chi connectivity index (χ4n) is 1.35. The Labute approximate surface area is 94.6 Å². The van der Waals surface area contributed by atoms with Gasteiger partial charge in [-0.3, -0.25) is 0 Å². The van der Waals surface area contributed by atoms with Gasteiger partial charge in [0.1, 0.15) is 0 Å². The van der Waals surface area contributed by atoms with E-state index in [0.29, 0.717) is 0 Å². The lowest BCUT2D eigenvalue weighted by Crippen LogP contribution is -2.13. The van der Waals surface area contributed by atoms with Gasteiger partial charge in [-0.1, -0.05) is 25.1 Å². The highest BCUT2D eigenvalue weighted by molar-refractivity contribution is 7.89. The fourth-order valence-corrected chi connectivity index (χ4v) is 2.52. The highest BCUT2D eigenvalue weighted by Crippen LogP contribution is 2.12. The largest absolute Gasteiger partial charge is 0.282 e. The topological polar surface area (TPSA) is 52.0 Å². The van der Waals surface area contributed by atoms with Gasteiger partial charge in [0.15, 0.2) is 0 Å². The van der Waals surface area contributed by atoms with Crippen LogP contribution in [0.4, 0.5) is 0 Å². The second-order valence-corrected chi connectivity index (χ2v) is 5.19. The number of benzene rings is 1. The summed E-state index contributed by atoms with van der Waals surface area (Å²) in [6.45, 7) is 1.95. The zero-order chi connectivity index (χ0) is 11.6. The molecule has 0 bridgehead atoms. The van der Waals surface area contributed by atoms with Gasteiger partial charge in [-0.15, -0.1) is 0 Å². The monoisotopic (exact) mass is 236 g/mol. The van der Waals surface area contributed by atoms with Gasteiger partial charge < -0.3 is 0 Å². The van der Waals surface area contributed by atoms with Crippen LogP contribution in [0.1, 0.15) is 12.5 Å². The van der Waals surface area contributed by atoms with Crippen LogP contribution < -0.4 is 0 Å². The predicted molar refractivity (Wildman–Crippen MR) is 60.6 cm³/mol. The van der Waals surface area contributed by atoms with Crippen molar-refractivity contribution in [1.82, 2.24) is 9.19 Å². The fraction of sp³-hybridized carbons (Fsp3) is 0.182. The van der Waals surface area contributed by atoms with E-state index in [1.165, 1.54) is 0 Å². The Kier molecular flexibility index (Phi) is 2.78. The lowest BCUT2D eigenvalue weighted by Gasteiger charge is -2.02. The molecule has 2 rings (SSSR count). The van der Waals surface area contributed by atoms with Crippen LogP contribution in [0.15, 0.2) is 47.6 Å². The molecule has 16 heavy (non-hydrogen) atoms. The molecule has 2 aromatic rings. The highest BCUT2D eigenvalue weighted by Gasteiger charge is 2.16. The van der Waals surface area contributed by atoms with Crippen molar-refractivity contribution < 1.29 is 8.42 Å². The normalized spacial score (nSPS) is 11.6. The molecule has 84 valence electrons. The molecule has 0 fully saturated rings. The van der Waals surface area contributed by atoms with Gasteiger partial charge in [-0.05, 0) is 24.1 Å². The summed E-state index contributed by atoms with van der Waals surface area (Å²) < 4.78 is 25.1. The third kappa shape index (κ3) is 1.86. The molecule has 0 aliphatic heterocycles. The quantitative estimate of drug-likeness (QED) is 0.814. The van der Waals surface area contributed by atoms with Crippen molar-refractivity contribution in [2.24, 2.45) is 0 Å². The van der Waals surface area contributed by atoms with E-state index in [4.69, 9.17) is 0 Å². The maximum Gasteiger partial charge on any atom is 0.282 e. The smallest absolute Gasteiger partial charge is 0.199 e. The summed E-state index contributed by atoms with van der Waals surface area (Å²) in [5.74, 6) is 0. The maximum atomic E-state index is 12.1. The number of nitrogens with zero attached hydrogens (tertiary/aromatic N) is 2. The molecule has 1 aromatic heterocycles. The second kappa shape index (κ2) is 4.09. The molecule has 0 aliphatic carbocycles. The zero-order valence-electron chi connectivity index (χ0n) is 8.87. The van der Waals surface area contributed by atoms with E-state index in [0.717, 1.165) is 16.1 Å². The zero-order valence-corrected chi connectivity index (χ0v) is 9.68. The van der Waals surface area contributed by atoms with Crippen LogP contribution in [0.5, 0.6) is 0 Å². The Morgan fingerprint density at radius 1 is 1.25 bits per heavy atom. The summed E-state index contributed by atoms with van der Waals surface area (Å²) in [4.78, 5) is 0.251. The first-order chi connectivity index (χ1) is 7.64. The van der Waals surface area contributed by atoms with Gasteiger partial charge >= 0.3 is 0 Å². The van der Waals surface area contributed by atoms with Crippen LogP contribution in [0, 0.1) is 0 Å². The number of hydrogen-bond acceptors (Lipinski definition) is 3. The molecule has 0 aliphatic rings. The molecule has 4 nitrogen and oxygen atoms in total. The molecule has 0 spiro atoms. The standard InChI is InChI=1S/C11H12N2O2S/c1-2-10-8-12-13(9-10)16(14,15)11-6-4-3-5-7-11/h3-9H,2H2,1H3. The SMILES string of the molecule is CCc1cnn(S(=O)(=O)c2ccccc2)c1. The second-order valence-electron chi connectivity index (χ2n) is 3.39. The van der Waals surface area contributed by atoms with Gasteiger partial charge in [0.25, 0.3) is 10.0 Å². The van der Waals surface area contributed by atoms with Crippen molar-refractivity contribution in [1.29, 1.82) is 0 Å². The van der Waals surface area contributed by atoms with Gasteiger partial charge in [0, 0.05) is 6.20 Å². The van der Waals surface area contributed by atoms with Crippen LogP contribution in [0.3, 0.4) is 0 Å². The first-order valence-electron chi connectivity index (χ1n) is 4.99. The van der Waals surface area contributed by atoms with Crippen LogP contribution >= 0.6 is 0 Å². The maximum absolute atomic E-state index is 12.1. The Morgan fingerprint density at radius 2 is 1.94 bits per heavy atom. The van der Waals surface area contributed by atoms with E-state index in [9.17, 15) is 8.42 Å². The Bertz CT molecular complexity index is 573. The first-order valence-corrected chi connectivity index (χ1v) is 6.43. The molecule has 0 unspecified atom stereocenters. The Hall–Kier alpha value is -1.62. The molecule has 0 radical (unpaired) electrons. The lowest BCUT2D eigenvalue weighted by atomic mass is 10.3. The van der Waals surface area contributed by atoms with E-state index in [1.807, 2.05) is 6.92 Å². The Balaban J connectivity index is 2.47. The van der Waals surface area contributed by atoms with Crippen molar-refractivity contribution in [2.75, 3.05) is 0 Å². The first kappa shape index (κ1) is 10.9. The molecule has 0 saturated carbocycles. The molecular formula is C11H12N2O2S. The van der Waals surface area contributed by atoms with Gasteiger partial charge in [-0.2, -0.15) is 17.6 Å². The molecule has 0 amide bonds.